The number of carbonyl (C=O) groups excluding carboxylic acids is 3. The van der Waals surface area contributed by atoms with Gasteiger partial charge in [0.1, 0.15) is 0 Å². The molecular weight excluding hydrogens is 538 g/mol. The first-order valence-corrected chi connectivity index (χ1v) is 11.7. The molecule has 0 aliphatic rings. The second-order valence-corrected chi connectivity index (χ2v) is 7.76. The average Bonchev–Trinajstić information content (AvgIpc) is 2.86. The van der Waals surface area contributed by atoms with E-state index in [0.29, 0.717) is 45.2 Å². The van der Waals surface area contributed by atoms with Gasteiger partial charge in [-0.05, 0) is 65.7 Å². The van der Waals surface area contributed by atoms with Crippen LogP contribution in [0, 0.1) is 0 Å². The van der Waals surface area contributed by atoms with Crippen LogP contribution in [0.4, 0.5) is 0 Å². The Morgan fingerprint density at radius 1 is 0.972 bits per heavy atom. The molecule has 0 bridgehead atoms. The molecule has 2 rings (SSSR count). The van der Waals surface area contributed by atoms with Crippen molar-refractivity contribution in [1.29, 1.82) is 0 Å². The SMILES string of the molecule is CCOC(=O)COc1c(Br)cc(/C=N/NC(=O)CNC(=O)c2ccc(OC)c(OC)c2)cc1OCC. The number of nitrogens with zero attached hydrogens (tertiary/aromatic N) is 1. The lowest BCUT2D eigenvalue weighted by molar-refractivity contribution is -0.145. The second kappa shape index (κ2) is 14.6. The van der Waals surface area contributed by atoms with Gasteiger partial charge in [0.2, 0.25) is 0 Å². The first-order chi connectivity index (χ1) is 17.3. The third-order valence-corrected chi connectivity index (χ3v) is 5.02. The number of hydrogen-bond donors (Lipinski definition) is 2. The smallest absolute Gasteiger partial charge is 0.344 e. The average molecular weight is 566 g/mol. The Kier molecular flexibility index (Phi) is 11.5. The maximum atomic E-state index is 12.3. The molecular formula is C24H28BrN3O8. The second-order valence-electron chi connectivity index (χ2n) is 6.90. The van der Waals surface area contributed by atoms with E-state index in [1.54, 1.807) is 38.1 Å². The van der Waals surface area contributed by atoms with E-state index in [9.17, 15) is 14.4 Å². The number of rotatable bonds is 13. The van der Waals surface area contributed by atoms with Crippen LogP contribution in [0.5, 0.6) is 23.0 Å². The van der Waals surface area contributed by atoms with Gasteiger partial charge in [-0.25, -0.2) is 10.2 Å². The van der Waals surface area contributed by atoms with E-state index in [1.165, 1.54) is 26.5 Å². The van der Waals surface area contributed by atoms with Gasteiger partial charge in [-0.15, -0.1) is 0 Å². The highest BCUT2D eigenvalue weighted by molar-refractivity contribution is 9.10. The number of carbonyl (C=O) groups is 3. The van der Waals surface area contributed by atoms with Crippen LogP contribution in [-0.4, -0.2) is 64.6 Å². The molecule has 12 heteroatoms. The third kappa shape index (κ3) is 8.45. The van der Waals surface area contributed by atoms with Crippen LogP contribution in [-0.2, 0) is 14.3 Å². The van der Waals surface area contributed by atoms with Gasteiger partial charge < -0.3 is 29.0 Å². The molecule has 2 aromatic rings. The Hall–Kier alpha value is -3.80. The van der Waals surface area contributed by atoms with Crippen molar-refractivity contribution in [2.24, 2.45) is 5.10 Å². The number of hydrazone groups is 1. The summed E-state index contributed by atoms with van der Waals surface area (Å²) < 4.78 is 26.8. The van der Waals surface area contributed by atoms with E-state index in [4.69, 9.17) is 23.7 Å². The van der Waals surface area contributed by atoms with Crippen molar-refractivity contribution < 1.29 is 38.1 Å². The highest BCUT2D eigenvalue weighted by atomic mass is 79.9. The summed E-state index contributed by atoms with van der Waals surface area (Å²) in [7, 11) is 2.96. The summed E-state index contributed by atoms with van der Waals surface area (Å²) in [6.45, 7) is 3.56. The van der Waals surface area contributed by atoms with Gasteiger partial charge in [0.15, 0.2) is 29.6 Å². The molecule has 0 fully saturated rings. The van der Waals surface area contributed by atoms with Crippen LogP contribution in [0.2, 0.25) is 0 Å². The standard InChI is InChI=1S/C24H28BrN3O8/c1-5-34-20-10-15(9-17(25)23(20)36-14-22(30)35-6-2)12-27-28-21(29)13-26-24(31)16-7-8-18(32-3)19(11-16)33-4/h7-12H,5-6,13-14H2,1-4H3,(H,26,31)(H,28,29)/b27-12+. The number of amides is 2. The molecule has 194 valence electrons. The third-order valence-electron chi connectivity index (χ3n) is 4.43. The zero-order valence-electron chi connectivity index (χ0n) is 20.4. The van der Waals surface area contributed by atoms with Crippen molar-refractivity contribution in [3.05, 3.63) is 45.9 Å². The summed E-state index contributed by atoms with van der Waals surface area (Å²) in [5.74, 6) is 0.110. The predicted octanol–water partition coefficient (Wildman–Crippen LogP) is 2.69. The minimum Gasteiger partial charge on any atom is -0.493 e. The number of esters is 1. The molecule has 0 radical (unpaired) electrons. The highest BCUT2D eigenvalue weighted by Crippen LogP contribution is 2.36. The maximum Gasteiger partial charge on any atom is 0.344 e. The van der Waals surface area contributed by atoms with Crippen molar-refractivity contribution in [3.63, 3.8) is 0 Å². The molecule has 0 aromatic heterocycles. The highest BCUT2D eigenvalue weighted by Gasteiger charge is 2.15. The van der Waals surface area contributed by atoms with Crippen molar-refractivity contribution >= 4 is 39.9 Å². The van der Waals surface area contributed by atoms with E-state index in [1.807, 2.05) is 0 Å². The van der Waals surface area contributed by atoms with Gasteiger partial charge in [-0.1, -0.05) is 0 Å². The van der Waals surface area contributed by atoms with Gasteiger partial charge in [0.05, 0.1) is 44.7 Å². The molecule has 2 aromatic carbocycles. The number of benzene rings is 2. The molecule has 0 saturated carbocycles. The molecule has 0 atom stereocenters. The summed E-state index contributed by atoms with van der Waals surface area (Å²) in [5.41, 5.74) is 3.24. The molecule has 0 aliphatic carbocycles. The van der Waals surface area contributed by atoms with Crippen molar-refractivity contribution in [2.75, 3.05) is 40.6 Å². The molecule has 0 saturated heterocycles. The summed E-state index contributed by atoms with van der Waals surface area (Å²) in [5, 5.41) is 6.42. The quantitative estimate of drug-likeness (QED) is 0.215. The molecule has 2 amide bonds. The van der Waals surface area contributed by atoms with Crippen molar-refractivity contribution in [2.45, 2.75) is 13.8 Å². The fourth-order valence-corrected chi connectivity index (χ4v) is 3.43. The molecule has 2 N–H and O–H groups in total. The first kappa shape index (κ1) is 28.4. The maximum absolute atomic E-state index is 12.3. The monoisotopic (exact) mass is 565 g/mol. The lowest BCUT2D eigenvalue weighted by atomic mass is 10.2. The zero-order chi connectivity index (χ0) is 26.5. The number of ether oxygens (including phenoxy) is 5. The van der Waals surface area contributed by atoms with Gasteiger partial charge in [0, 0.05) is 5.56 Å². The van der Waals surface area contributed by atoms with E-state index >= 15 is 0 Å². The number of halogens is 1. The fraction of sp³-hybridized carbons (Fsp3) is 0.333. The van der Waals surface area contributed by atoms with Crippen LogP contribution in [0.25, 0.3) is 0 Å². The largest absolute Gasteiger partial charge is 0.493 e. The predicted molar refractivity (Wildman–Crippen MR) is 135 cm³/mol. The van der Waals surface area contributed by atoms with Crippen LogP contribution in [0.15, 0.2) is 39.9 Å². The Labute approximate surface area is 217 Å². The Bertz CT molecular complexity index is 1110. The molecule has 36 heavy (non-hydrogen) atoms. The Morgan fingerprint density at radius 3 is 2.39 bits per heavy atom. The topological polar surface area (TPSA) is 134 Å². The molecule has 0 unspecified atom stereocenters. The zero-order valence-corrected chi connectivity index (χ0v) is 22.0. The summed E-state index contributed by atoms with van der Waals surface area (Å²) in [4.78, 5) is 36.0. The van der Waals surface area contributed by atoms with Crippen LogP contribution in [0.3, 0.4) is 0 Å². The Balaban J connectivity index is 1.96. The molecule has 11 nitrogen and oxygen atoms in total. The lowest BCUT2D eigenvalue weighted by Gasteiger charge is -2.14. The minimum atomic E-state index is -0.529. The summed E-state index contributed by atoms with van der Waals surface area (Å²) in [6.07, 6.45) is 1.40. The fourth-order valence-electron chi connectivity index (χ4n) is 2.86. The molecule has 0 aliphatic heterocycles. The van der Waals surface area contributed by atoms with Crippen LogP contribution < -0.4 is 29.7 Å². The van der Waals surface area contributed by atoms with Crippen molar-refractivity contribution in [1.82, 2.24) is 10.7 Å². The van der Waals surface area contributed by atoms with Crippen molar-refractivity contribution in [3.8, 4) is 23.0 Å². The van der Waals surface area contributed by atoms with Gasteiger partial charge in [0.25, 0.3) is 11.8 Å². The normalized spacial score (nSPS) is 10.5. The Morgan fingerprint density at radius 2 is 1.72 bits per heavy atom. The van der Waals surface area contributed by atoms with Gasteiger partial charge in [-0.3, -0.25) is 9.59 Å². The van der Waals surface area contributed by atoms with E-state index in [-0.39, 0.29) is 19.8 Å². The van der Waals surface area contributed by atoms with E-state index < -0.39 is 17.8 Å². The molecule has 0 heterocycles. The van der Waals surface area contributed by atoms with Crippen LogP contribution in [0.1, 0.15) is 29.8 Å². The summed E-state index contributed by atoms with van der Waals surface area (Å²) >= 11 is 3.39. The van der Waals surface area contributed by atoms with Crippen LogP contribution >= 0.6 is 15.9 Å². The minimum absolute atomic E-state index is 0.253. The molecule has 0 spiro atoms. The van der Waals surface area contributed by atoms with Gasteiger partial charge in [-0.2, -0.15) is 5.10 Å². The van der Waals surface area contributed by atoms with Gasteiger partial charge >= 0.3 is 5.97 Å². The first-order valence-electron chi connectivity index (χ1n) is 10.9. The van der Waals surface area contributed by atoms with E-state index in [0.717, 1.165) is 0 Å². The number of methoxy groups -OCH3 is 2. The number of hydrogen-bond acceptors (Lipinski definition) is 9. The lowest BCUT2D eigenvalue weighted by Crippen LogP contribution is -2.34. The summed E-state index contributed by atoms with van der Waals surface area (Å²) in [6, 6.07) is 7.99. The number of nitrogens with one attached hydrogen (secondary N) is 2. The van der Waals surface area contributed by atoms with E-state index in [2.05, 4.69) is 31.8 Å².